The lowest BCUT2D eigenvalue weighted by atomic mass is 9.80. The highest BCUT2D eigenvalue weighted by Crippen LogP contribution is 2.34. The monoisotopic (exact) mass is 605 g/mol. The number of aliphatic hydroxyl groups is 1. The molecule has 3 atom stereocenters. The average Bonchev–Trinajstić information content (AvgIpc) is 3.44. The van der Waals surface area contributed by atoms with Gasteiger partial charge >= 0.3 is 0 Å². The summed E-state index contributed by atoms with van der Waals surface area (Å²) in [7, 11) is 0. The lowest BCUT2D eigenvalue weighted by Gasteiger charge is -2.37. The largest absolute Gasteiger partial charge is 0.391 e. The first-order valence-corrected chi connectivity index (χ1v) is 15.9. The van der Waals surface area contributed by atoms with Crippen LogP contribution in [-0.2, 0) is 23.9 Å². The van der Waals surface area contributed by atoms with Gasteiger partial charge in [0.1, 0.15) is 11.6 Å². The molecule has 0 radical (unpaired) electrons. The fourth-order valence-electron chi connectivity index (χ4n) is 7.20. The number of likely N-dealkylation sites (tertiary alicyclic amines) is 1. The number of nitrogens with two attached hydrogens (primary N) is 1. The molecule has 4 N–H and O–H groups in total. The van der Waals surface area contributed by atoms with Crippen LogP contribution in [-0.4, -0.2) is 76.7 Å². The second kappa shape index (κ2) is 14.0. The van der Waals surface area contributed by atoms with Gasteiger partial charge in [0, 0.05) is 56.9 Å². The van der Waals surface area contributed by atoms with Gasteiger partial charge in [0.05, 0.1) is 6.10 Å². The fourth-order valence-corrected chi connectivity index (χ4v) is 7.20. The second-order valence-electron chi connectivity index (χ2n) is 12.7. The lowest BCUT2D eigenvalue weighted by Crippen LogP contribution is -2.63. The van der Waals surface area contributed by atoms with Crippen molar-refractivity contribution in [3.8, 4) is 0 Å². The van der Waals surface area contributed by atoms with E-state index in [4.69, 9.17) is 10.5 Å². The Labute approximate surface area is 257 Å². The third kappa shape index (κ3) is 7.18. The van der Waals surface area contributed by atoms with Crippen LogP contribution >= 0.6 is 0 Å². The number of hydrogen-bond donors (Lipinski definition) is 3. The minimum atomic E-state index is -1.50. The Hall–Kier alpha value is -3.63. The maximum Gasteiger partial charge on any atom is 0.287 e. The molecule has 2 heterocycles. The zero-order valence-electron chi connectivity index (χ0n) is 25.2. The van der Waals surface area contributed by atoms with Gasteiger partial charge in [0.25, 0.3) is 5.91 Å². The van der Waals surface area contributed by atoms with Crippen LogP contribution in [0.5, 0.6) is 0 Å². The van der Waals surface area contributed by atoms with Crippen molar-refractivity contribution in [2.24, 2.45) is 17.6 Å². The molecule has 3 fully saturated rings. The maximum atomic E-state index is 14.2. The molecule has 0 aromatic heterocycles. The zero-order valence-corrected chi connectivity index (χ0v) is 25.2. The van der Waals surface area contributed by atoms with Crippen LogP contribution in [0.2, 0.25) is 0 Å². The number of benzene rings is 2. The van der Waals surface area contributed by atoms with Crippen LogP contribution in [0.15, 0.2) is 42.5 Å². The molecule has 1 saturated carbocycles. The van der Waals surface area contributed by atoms with E-state index in [1.165, 1.54) is 11.3 Å². The number of nitrogens with zero attached hydrogens (tertiary/aromatic N) is 1. The van der Waals surface area contributed by atoms with E-state index in [0.717, 1.165) is 36.5 Å². The molecule has 1 aliphatic carbocycles. The zero-order chi connectivity index (χ0) is 31.3. The predicted molar refractivity (Wildman–Crippen MR) is 163 cm³/mol. The van der Waals surface area contributed by atoms with Crippen molar-refractivity contribution in [1.82, 2.24) is 10.2 Å². The Morgan fingerprint density at radius 2 is 1.70 bits per heavy atom. The average molecular weight is 606 g/mol. The first kappa shape index (κ1) is 31.8. The Kier molecular flexibility index (Phi) is 10.1. The number of aliphatic hydroxyl groups excluding tert-OH is 1. The Morgan fingerprint density at radius 3 is 2.41 bits per heavy atom. The van der Waals surface area contributed by atoms with E-state index in [2.05, 4.69) is 5.32 Å². The predicted octanol–water partition coefficient (Wildman–Crippen LogP) is 3.07. The van der Waals surface area contributed by atoms with Gasteiger partial charge in [-0.2, -0.15) is 0 Å². The van der Waals surface area contributed by atoms with Crippen molar-refractivity contribution < 1.29 is 33.8 Å². The van der Waals surface area contributed by atoms with Crippen molar-refractivity contribution in [3.05, 3.63) is 48.0 Å². The molecule has 10 nitrogen and oxygen atoms in total. The number of hydrogen-bond acceptors (Lipinski definition) is 7. The van der Waals surface area contributed by atoms with Crippen LogP contribution in [0.25, 0.3) is 10.8 Å². The summed E-state index contributed by atoms with van der Waals surface area (Å²) in [6.07, 6.45) is 5.85. The number of Topliss-reactive ketones (excluding diaryl/α,β-unsaturated/α-hetero) is 2. The molecule has 236 valence electrons. The Bertz CT molecular complexity index is 1400. The number of ether oxygens (including phenoxy) is 1. The highest BCUT2D eigenvalue weighted by atomic mass is 16.5. The third-order valence-corrected chi connectivity index (χ3v) is 9.72. The van der Waals surface area contributed by atoms with Crippen LogP contribution in [0, 0.1) is 11.8 Å². The number of carbonyl (C=O) groups excluding carboxylic acids is 5. The van der Waals surface area contributed by atoms with Gasteiger partial charge in [0.15, 0.2) is 5.78 Å². The molecule has 0 unspecified atom stereocenters. The highest BCUT2D eigenvalue weighted by molar-refractivity contribution is 6.39. The molecule has 2 saturated heterocycles. The van der Waals surface area contributed by atoms with Crippen molar-refractivity contribution in [2.75, 3.05) is 19.8 Å². The Balaban J connectivity index is 1.33. The molecule has 2 aromatic carbocycles. The minimum absolute atomic E-state index is 0.0150. The molecular formula is C34H43N3O7. The van der Waals surface area contributed by atoms with Crippen molar-refractivity contribution in [1.29, 1.82) is 0 Å². The number of β-amino-alcohol motifs (C(OH)–C–C–N with tert-alkyl or cyclic N) is 1. The summed E-state index contributed by atoms with van der Waals surface area (Å²) in [5, 5.41) is 15.4. The van der Waals surface area contributed by atoms with Crippen LogP contribution < -0.4 is 11.1 Å². The van der Waals surface area contributed by atoms with E-state index in [1.807, 2.05) is 42.5 Å². The van der Waals surface area contributed by atoms with E-state index in [9.17, 15) is 29.1 Å². The first-order chi connectivity index (χ1) is 21.2. The van der Waals surface area contributed by atoms with E-state index >= 15 is 0 Å². The first-order valence-electron chi connectivity index (χ1n) is 15.9. The summed E-state index contributed by atoms with van der Waals surface area (Å²) in [5.41, 5.74) is 4.42. The highest BCUT2D eigenvalue weighted by Gasteiger charge is 2.48. The van der Waals surface area contributed by atoms with E-state index in [0.29, 0.717) is 24.3 Å². The number of carbonyl (C=O) groups is 5. The molecule has 0 spiro atoms. The lowest BCUT2D eigenvalue weighted by molar-refractivity contribution is -0.147. The van der Waals surface area contributed by atoms with Gasteiger partial charge in [-0.1, -0.05) is 68.5 Å². The second-order valence-corrected chi connectivity index (χ2v) is 12.7. The quantitative estimate of drug-likeness (QED) is 0.263. The summed E-state index contributed by atoms with van der Waals surface area (Å²) in [4.78, 5) is 67.2. The van der Waals surface area contributed by atoms with E-state index in [-0.39, 0.29) is 57.1 Å². The number of ketones is 2. The van der Waals surface area contributed by atoms with Crippen molar-refractivity contribution >= 4 is 40.1 Å². The fraction of sp³-hybridized carbons (Fsp3) is 0.559. The minimum Gasteiger partial charge on any atom is -0.391 e. The summed E-state index contributed by atoms with van der Waals surface area (Å²) in [5.74, 6) is -3.09. The van der Waals surface area contributed by atoms with Gasteiger partial charge in [0.2, 0.25) is 17.6 Å². The van der Waals surface area contributed by atoms with Crippen LogP contribution in [0.1, 0.15) is 81.0 Å². The number of nitrogens with one attached hydrogen (secondary N) is 1. The summed E-state index contributed by atoms with van der Waals surface area (Å²) < 4.78 is 5.35. The van der Waals surface area contributed by atoms with Crippen LogP contribution in [0.4, 0.5) is 0 Å². The van der Waals surface area contributed by atoms with Gasteiger partial charge in [-0.3, -0.25) is 24.0 Å². The molecule has 44 heavy (non-hydrogen) atoms. The van der Waals surface area contributed by atoms with E-state index in [1.54, 1.807) is 0 Å². The van der Waals surface area contributed by atoms with Gasteiger partial charge in [-0.05, 0) is 35.6 Å². The number of rotatable bonds is 11. The molecule has 3 amide bonds. The van der Waals surface area contributed by atoms with Gasteiger partial charge < -0.3 is 25.8 Å². The van der Waals surface area contributed by atoms with Crippen molar-refractivity contribution in [3.63, 3.8) is 0 Å². The number of primary amides is 1. The van der Waals surface area contributed by atoms with Crippen LogP contribution in [0.3, 0.4) is 0 Å². The molecular weight excluding hydrogens is 562 g/mol. The molecule has 2 aromatic rings. The topological polar surface area (TPSA) is 156 Å². The number of amides is 3. The summed E-state index contributed by atoms with van der Waals surface area (Å²) >= 11 is 0. The smallest absolute Gasteiger partial charge is 0.287 e. The number of fused-ring (bicyclic) bond motifs is 1. The Morgan fingerprint density at radius 1 is 1.00 bits per heavy atom. The van der Waals surface area contributed by atoms with Gasteiger partial charge in [-0.15, -0.1) is 0 Å². The molecule has 5 rings (SSSR count). The third-order valence-electron chi connectivity index (χ3n) is 9.72. The normalized spacial score (nSPS) is 22.8. The molecule has 3 aliphatic rings. The molecule has 0 bridgehead atoms. The summed E-state index contributed by atoms with van der Waals surface area (Å²) in [6.45, 7) is 0.324. The summed E-state index contributed by atoms with van der Waals surface area (Å²) in [6, 6.07) is 12.5. The maximum absolute atomic E-state index is 14.2. The SMILES string of the molecule is NC(=O)C(=O)C1(NC(=O)[C@@H]2C[C@@H](O)CN2C(=O)[C@H](CCC(=O)c2ccc3ccccc3c2)CC2CCCCC2)CCOCC1. The van der Waals surface area contributed by atoms with E-state index < -0.39 is 41.2 Å². The standard InChI is InChI=1S/C34H43N3O7/c35-31(41)30(40)34(14-16-44-17-15-34)36-32(42)28-20-27(38)21-37(28)33(43)26(18-22-6-2-1-3-7-22)12-13-29(39)25-11-10-23-8-4-5-9-24(23)19-25/h4-5,8-11,19,22,26-28,38H,1-3,6-7,12-18,20-21H2,(H2,35,41)(H,36,42)/t26-,27-,28+/m1/s1. The molecule has 2 aliphatic heterocycles. The van der Waals surface area contributed by atoms with Crippen molar-refractivity contribution in [2.45, 2.75) is 88.3 Å². The molecule has 10 heteroatoms. The van der Waals surface area contributed by atoms with Gasteiger partial charge in [-0.25, -0.2) is 0 Å².